The van der Waals surface area contributed by atoms with Crippen LogP contribution in [0.4, 0.5) is 0 Å². The van der Waals surface area contributed by atoms with Gasteiger partial charge >= 0.3 is 0 Å². The maximum Gasteiger partial charge on any atom is 0.269 e. The Bertz CT molecular complexity index is 616. The van der Waals surface area contributed by atoms with E-state index in [4.69, 9.17) is 0 Å². The van der Waals surface area contributed by atoms with Gasteiger partial charge in [0.2, 0.25) is 0 Å². The molecule has 2 rings (SSSR count). The summed E-state index contributed by atoms with van der Waals surface area (Å²) < 4.78 is 0. The van der Waals surface area contributed by atoms with E-state index in [9.17, 15) is 9.59 Å². The van der Waals surface area contributed by atoms with Crippen LogP contribution in [0.25, 0.3) is 6.08 Å². The van der Waals surface area contributed by atoms with Crippen LogP contribution in [0.5, 0.6) is 0 Å². The molecule has 20 heavy (non-hydrogen) atoms. The van der Waals surface area contributed by atoms with Crippen molar-refractivity contribution >= 4 is 29.2 Å². The highest BCUT2D eigenvalue weighted by atomic mass is 32.1. The summed E-state index contributed by atoms with van der Waals surface area (Å²) in [7, 11) is 0. The number of benzene rings is 1. The average Bonchev–Trinajstić information content (AvgIpc) is 2.96. The summed E-state index contributed by atoms with van der Waals surface area (Å²) in [6, 6.07) is 9.00. The average molecular weight is 286 g/mol. The summed E-state index contributed by atoms with van der Waals surface area (Å²) in [6.07, 6.45) is 3.06. The summed E-state index contributed by atoms with van der Waals surface area (Å²) in [5.74, 6) is -0.723. The maximum atomic E-state index is 11.7. The largest absolute Gasteiger partial charge is 0.269 e. The molecule has 0 saturated carbocycles. The predicted molar refractivity (Wildman–Crippen MR) is 80.1 cm³/mol. The van der Waals surface area contributed by atoms with Crippen LogP contribution < -0.4 is 10.9 Å². The minimum atomic E-state index is -0.378. The van der Waals surface area contributed by atoms with Gasteiger partial charge in [-0.3, -0.25) is 20.4 Å². The number of carbonyl (C=O) groups excluding carboxylic acids is 2. The lowest BCUT2D eigenvalue weighted by Crippen LogP contribution is -2.40. The van der Waals surface area contributed by atoms with Crippen LogP contribution in [-0.4, -0.2) is 11.8 Å². The molecule has 4 nitrogen and oxygen atoms in total. The van der Waals surface area contributed by atoms with Crippen LogP contribution in [0, 0.1) is 6.92 Å². The second-order valence-corrected chi connectivity index (χ2v) is 4.98. The first-order chi connectivity index (χ1) is 9.65. The van der Waals surface area contributed by atoms with E-state index in [0.717, 1.165) is 11.1 Å². The standard InChI is InChI=1S/C15H14N2O2S/c1-11-2-5-13(6-3-11)15(19)17-16-14(18)7-4-12-8-9-20-10-12/h2-10H,1H3,(H,16,18)(H,17,19). The zero-order valence-corrected chi connectivity index (χ0v) is 11.7. The topological polar surface area (TPSA) is 58.2 Å². The predicted octanol–water partition coefficient (Wildman–Crippen LogP) is 2.53. The van der Waals surface area contributed by atoms with E-state index in [1.165, 1.54) is 6.08 Å². The van der Waals surface area contributed by atoms with E-state index in [0.29, 0.717) is 5.56 Å². The zero-order valence-electron chi connectivity index (χ0n) is 10.9. The van der Waals surface area contributed by atoms with Crippen molar-refractivity contribution in [2.45, 2.75) is 6.92 Å². The highest BCUT2D eigenvalue weighted by Crippen LogP contribution is 2.07. The smallest absolute Gasteiger partial charge is 0.268 e. The van der Waals surface area contributed by atoms with E-state index in [-0.39, 0.29) is 11.8 Å². The molecule has 0 fully saturated rings. The lowest BCUT2D eigenvalue weighted by Gasteiger charge is -2.05. The lowest BCUT2D eigenvalue weighted by atomic mass is 10.1. The molecular formula is C15H14N2O2S. The van der Waals surface area contributed by atoms with Gasteiger partial charge in [-0.25, -0.2) is 0 Å². The number of hydrazine groups is 1. The number of aryl methyl sites for hydroxylation is 1. The van der Waals surface area contributed by atoms with E-state index >= 15 is 0 Å². The van der Waals surface area contributed by atoms with E-state index < -0.39 is 0 Å². The summed E-state index contributed by atoms with van der Waals surface area (Å²) in [5, 5.41) is 3.85. The van der Waals surface area contributed by atoms with Crippen molar-refractivity contribution in [3.05, 3.63) is 63.9 Å². The van der Waals surface area contributed by atoms with Gasteiger partial charge in [0, 0.05) is 11.6 Å². The van der Waals surface area contributed by atoms with Gasteiger partial charge in [-0.05, 0) is 47.5 Å². The SMILES string of the molecule is Cc1ccc(C(=O)NNC(=O)C=Cc2ccsc2)cc1. The van der Waals surface area contributed by atoms with Crippen molar-refractivity contribution in [2.24, 2.45) is 0 Å². The summed E-state index contributed by atoms with van der Waals surface area (Å²) in [5.41, 5.74) is 7.22. The highest BCUT2D eigenvalue weighted by molar-refractivity contribution is 7.08. The van der Waals surface area contributed by atoms with Gasteiger partial charge < -0.3 is 0 Å². The molecule has 0 saturated heterocycles. The Kier molecular flexibility index (Phi) is 4.68. The van der Waals surface area contributed by atoms with Gasteiger partial charge in [-0.1, -0.05) is 17.7 Å². The third-order valence-corrected chi connectivity index (χ3v) is 3.28. The first kappa shape index (κ1) is 14.0. The molecule has 1 aromatic carbocycles. The molecule has 0 bridgehead atoms. The van der Waals surface area contributed by atoms with Crippen LogP contribution >= 0.6 is 11.3 Å². The van der Waals surface area contributed by atoms with E-state index in [1.54, 1.807) is 29.5 Å². The highest BCUT2D eigenvalue weighted by Gasteiger charge is 2.05. The number of thiophene rings is 1. The second-order valence-electron chi connectivity index (χ2n) is 4.20. The van der Waals surface area contributed by atoms with Crippen molar-refractivity contribution in [2.75, 3.05) is 0 Å². The molecule has 1 aromatic heterocycles. The Labute approximate surface area is 121 Å². The Morgan fingerprint density at radius 2 is 1.85 bits per heavy atom. The fourth-order valence-corrected chi connectivity index (χ4v) is 2.11. The van der Waals surface area contributed by atoms with Gasteiger partial charge in [-0.15, -0.1) is 0 Å². The second kappa shape index (κ2) is 6.68. The normalized spacial score (nSPS) is 10.4. The summed E-state index contributed by atoms with van der Waals surface area (Å²) in [6.45, 7) is 1.94. The fourth-order valence-electron chi connectivity index (χ4n) is 1.48. The number of hydrogen-bond donors (Lipinski definition) is 2. The van der Waals surface area contributed by atoms with E-state index in [2.05, 4.69) is 10.9 Å². The lowest BCUT2D eigenvalue weighted by molar-refractivity contribution is -0.117. The quantitative estimate of drug-likeness (QED) is 0.673. The van der Waals surface area contributed by atoms with Crippen LogP contribution in [0.15, 0.2) is 47.2 Å². The Hall–Kier alpha value is -2.40. The molecule has 0 atom stereocenters. The third kappa shape index (κ3) is 4.07. The Morgan fingerprint density at radius 1 is 1.10 bits per heavy atom. The molecular weight excluding hydrogens is 272 g/mol. The molecule has 2 aromatic rings. The van der Waals surface area contributed by atoms with Gasteiger partial charge in [0.1, 0.15) is 0 Å². The van der Waals surface area contributed by atoms with Crippen molar-refractivity contribution in [1.82, 2.24) is 10.9 Å². The minimum Gasteiger partial charge on any atom is -0.268 e. The molecule has 0 aliphatic heterocycles. The van der Waals surface area contributed by atoms with Crippen molar-refractivity contribution in [3.8, 4) is 0 Å². The molecule has 5 heteroatoms. The fraction of sp³-hybridized carbons (Fsp3) is 0.0667. The molecule has 0 radical (unpaired) electrons. The summed E-state index contributed by atoms with van der Waals surface area (Å²) >= 11 is 1.56. The molecule has 2 N–H and O–H groups in total. The minimum absolute atomic E-state index is 0.345. The number of nitrogens with one attached hydrogen (secondary N) is 2. The van der Waals surface area contributed by atoms with Crippen LogP contribution in [-0.2, 0) is 4.79 Å². The van der Waals surface area contributed by atoms with Gasteiger partial charge in [0.25, 0.3) is 11.8 Å². The first-order valence-corrected chi connectivity index (χ1v) is 6.97. The molecule has 0 spiro atoms. The molecule has 102 valence electrons. The Balaban J connectivity index is 1.84. The van der Waals surface area contributed by atoms with Gasteiger partial charge in [0.05, 0.1) is 0 Å². The molecule has 0 aliphatic rings. The van der Waals surface area contributed by atoms with Crippen LogP contribution in [0.3, 0.4) is 0 Å². The maximum absolute atomic E-state index is 11.7. The number of amides is 2. The number of rotatable bonds is 3. The van der Waals surface area contributed by atoms with E-state index in [1.807, 2.05) is 35.9 Å². The Morgan fingerprint density at radius 3 is 2.50 bits per heavy atom. The summed E-state index contributed by atoms with van der Waals surface area (Å²) in [4.78, 5) is 23.3. The number of hydrogen-bond acceptors (Lipinski definition) is 3. The first-order valence-electron chi connectivity index (χ1n) is 6.02. The van der Waals surface area contributed by atoms with Gasteiger partial charge in [0.15, 0.2) is 0 Å². The van der Waals surface area contributed by atoms with Crippen molar-refractivity contribution in [1.29, 1.82) is 0 Å². The van der Waals surface area contributed by atoms with Crippen molar-refractivity contribution in [3.63, 3.8) is 0 Å². The molecule has 0 aliphatic carbocycles. The zero-order chi connectivity index (χ0) is 14.4. The number of carbonyl (C=O) groups is 2. The monoisotopic (exact) mass is 286 g/mol. The van der Waals surface area contributed by atoms with Crippen LogP contribution in [0.2, 0.25) is 0 Å². The third-order valence-electron chi connectivity index (χ3n) is 2.58. The molecule has 2 amide bonds. The van der Waals surface area contributed by atoms with Crippen LogP contribution in [0.1, 0.15) is 21.5 Å². The van der Waals surface area contributed by atoms with Crippen molar-refractivity contribution < 1.29 is 9.59 Å². The van der Waals surface area contributed by atoms with Gasteiger partial charge in [-0.2, -0.15) is 11.3 Å². The molecule has 1 heterocycles. The molecule has 0 unspecified atom stereocenters.